The van der Waals surface area contributed by atoms with Gasteiger partial charge in [0.2, 0.25) is 0 Å². The lowest BCUT2D eigenvalue weighted by Crippen LogP contribution is -2.19. The SMILES string of the molecule is COc1ccc(OCCSCCC(C)(C)O)cc1. The van der Waals surface area contributed by atoms with E-state index in [2.05, 4.69) is 0 Å². The fourth-order valence-electron chi connectivity index (χ4n) is 1.31. The van der Waals surface area contributed by atoms with E-state index in [4.69, 9.17) is 9.47 Å². The monoisotopic (exact) mass is 270 g/mol. The molecule has 0 unspecified atom stereocenters. The Labute approximate surface area is 113 Å². The molecule has 0 fully saturated rings. The van der Waals surface area contributed by atoms with Crippen molar-refractivity contribution in [2.24, 2.45) is 0 Å². The standard InChI is InChI=1S/C14H22O3S/c1-14(2,15)8-10-18-11-9-17-13-6-4-12(16-3)5-7-13/h4-7,15H,8-11H2,1-3H3. The molecule has 0 aliphatic heterocycles. The fraction of sp³-hybridized carbons (Fsp3) is 0.571. The van der Waals surface area contributed by atoms with Crippen LogP contribution in [0.5, 0.6) is 11.5 Å². The van der Waals surface area contributed by atoms with Gasteiger partial charge in [0.1, 0.15) is 11.5 Å². The Bertz CT molecular complexity index is 330. The largest absolute Gasteiger partial charge is 0.497 e. The molecule has 0 amide bonds. The highest BCUT2D eigenvalue weighted by atomic mass is 32.2. The normalized spacial score (nSPS) is 11.3. The predicted molar refractivity (Wildman–Crippen MR) is 76.7 cm³/mol. The number of hydrogen-bond donors (Lipinski definition) is 1. The van der Waals surface area contributed by atoms with Crippen LogP contribution in [0.2, 0.25) is 0 Å². The van der Waals surface area contributed by atoms with Gasteiger partial charge in [-0.1, -0.05) is 0 Å². The fourth-order valence-corrected chi connectivity index (χ4v) is 2.36. The summed E-state index contributed by atoms with van der Waals surface area (Å²) in [6, 6.07) is 7.58. The second-order valence-electron chi connectivity index (χ2n) is 4.70. The van der Waals surface area contributed by atoms with Gasteiger partial charge in [0.05, 0.1) is 19.3 Å². The maximum Gasteiger partial charge on any atom is 0.119 e. The van der Waals surface area contributed by atoms with Gasteiger partial charge in [0, 0.05) is 5.75 Å². The van der Waals surface area contributed by atoms with Crippen LogP contribution < -0.4 is 9.47 Å². The molecule has 0 saturated carbocycles. The maximum absolute atomic E-state index is 9.55. The molecular formula is C14H22O3S. The van der Waals surface area contributed by atoms with Crippen LogP contribution in [0.15, 0.2) is 24.3 Å². The van der Waals surface area contributed by atoms with Crippen LogP contribution in [0.4, 0.5) is 0 Å². The zero-order valence-corrected chi connectivity index (χ0v) is 12.1. The summed E-state index contributed by atoms with van der Waals surface area (Å²) < 4.78 is 10.7. The molecule has 4 heteroatoms. The van der Waals surface area contributed by atoms with Gasteiger partial charge >= 0.3 is 0 Å². The summed E-state index contributed by atoms with van der Waals surface area (Å²) in [5.41, 5.74) is -0.566. The first-order chi connectivity index (χ1) is 8.51. The summed E-state index contributed by atoms with van der Waals surface area (Å²) in [6.45, 7) is 4.35. The summed E-state index contributed by atoms with van der Waals surface area (Å²) in [6.07, 6.45) is 0.806. The Morgan fingerprint density at radius 1 is 1.11 bits per heavy atom. The average molecular weight is 270 g/mol. The van der Waals surface area contributed by atoms with Crippen LogP contribution in [0.1, 0.15) is 20.3 Å². The topological polar surface area (TPSA) is 38.7 Å². The molecule has 0 heterocycles. The summed E-state index contributed by atoms with van der Waals surface area (Å²) in [4.78, 5) is 0. The number of hydrogen-bond acceptors (Lipinski definition) is 4. The first kappa shape index (κ1) is 15.2. The molecule has 18 heavy (non-hydrogen) atoms. The van der Waals surface area contributed by atoms with Crippen molar-refractivity contribution in [3.63, 3.8) is 0 Å². The third-order valence-electron chi connectivity index (χ3n) is 2.41. The molecule has 0 radical (unpaired) electrons. The van der Waals surface area contributed by atoms with E-state index >= 15 is 0 Å². The molecule has 1 aromatic carbocycles. The van der Waals surface area contributed by atoms with Crippen molar-refractivity contribution in [1.29, 1.82) is 0 Å². The van der Waals surface area contributed by atoms with E-state index in [1.807, 2.05) is 38.1 Å². The third-order valence-corrected chi connectivity index (χ3v) is 3.36. The number of methoxy groups -OCH3 is 1. The molecule has 0 bridgehead atoms. The number of ether oxygens (including phenoxy) is 2. The van der Waals surface area contributed by atoms with Gasteiger partial charge < -0.3 is 14.6 Å². The Balaban J connectivity index is 2.10. The Morgan fingerprint density at radius 2 is 1.72 bits per heavy atom. The lowest BCUT2D eigenvalue weighted by molar-refractivity contribution is 0.0777. The smallest absolute Gasteiger partial charge is 0.119 e. The molecule has 0 aliphatic carbocycles. The van der Waals surface area contributed by atoms with Gasteiger partial charge in [-0.25, -0.2) is 0 Å². The maximum atomic E-state index is 9.55. The number of benzene rings is 1. The van der Waals surface area contributed by atoms with Gasteiger partial charge in [0.25, 0.3) is 0 Å². The van der Waals surface area contributed by atoms with E-state index in [1.165, 1.54) is 0 Å². The second-order valence-corrected chi connectivity index (χ2v) is 5.92. The van der Waals surface area contributed by atoms with Crippen molar-refractivity contribution in [3.8, 4) is 11.5 Å². The van der Waals surface area contributed by atoms with Gasteiger partial charge in [-0.2, -0.15) is 11.8 Å². The summed E-state index contributed by atoms with van der Waals surface area (Å²) in [5, 5.41) is 9.55. The van der Waals surface area contributed by atoms with Crippen LogP contribution in [-0.4, -0.2) is 35.9 Å². The van der Waals surface area contributed by atoms with E-state index in [1.54, 1.807) is 18.9 Å². The molecule has 3 nitrogen and oxygen atoms in total. The zero-order chi connectivity index (χ0) is 13.4. The third kappa shape index (κ3) is 6.77. The number of thioether (sulfide) groups is 1. The van der Waals surface area contributed by atoms with Crippen molar-refractivity contribution >= 4 is 11.8 Å². The molecular weight excluding hydrogens is 248 g/mol. The molecule has 0 aromatic heterocycles. The minimum Gasteiger partial charge on any atom is -0.497 e. The van der Waals surface area contributed by atoms with E-state index in [0.717, 1.165) is 29.4 Å². The van der Waals surface area contributed by atoms with Crippen molar-refractivity contribution < 1.29 is 14.6 Å². The Morgan fingerprint density at radius 3 is 2.28 bits per heavy atom. The Kier molecular flexibility index (Phi) is 6.36. The zero-order valence-electron chi connectivity index (χ0n) is 11.3. The number of rotatable bonds is 8. The lowest BCUT2D eigenvalue weighted by Gasteiger charge is -2.16. The molecule has 1 aromatic rings. The van der Waals surface area contributed by atoms with Gasteiger partial charge in [-0.15, -0.1) is 0 Å². The minimum absolute atomic E-state index is 0.566. The first-order valence-corrected chi connectivity index (χ1v) is 7.24. The molecule has 0 spiro atoms. The molecule has 0 aliphatic rings. The minimum atomic E-state index is -0.566. The molecule has 1 rings (SSSR count). The van der Waals surface area contributed by atoms with Crippen LogP contribution in [0.3, 0.4) is 0 Å². The predicted octanol–water partition coefficient (Wildman–Crippen LogP) is 2.97. The van der Waals surface area contributed by atoms with Gasteiger partial charge in [0.15, 0.2) is 0 Å². The first-order valence-electron chi connectivity index (χ1n) is 6.08. The Hall–Kier alpha value is -0.870. The average Bonchev–Trinajstić information content (AvgIpc) is 2.33. The quantitative estimate of drug-likeness (QED) is 0.737. The number of aliphatic hydroxyl groups is 1. The van der Waals surface area contributed by atoms with E-state index < -0.39 is 5.60 Å². The highest BCUT2D eigenvalue weighted by Crippen LogP contribution is 2.17. The highest BCUT2D eigenvalue weighted by molar-refractivity contribution is 7.99. The molecule has 0 saturated heterocycles. The van der Waals surface area contributed by atoms with Crippen molar-refractivity contribution in [2.75, 3.05) is 25.2 Å². The van der Waals surface area contributed by atoms with E-state index in [9.17, 15) is 5.11 Å². The van der Waals surface area contributed by atoms with E-state index in [-0.39, 0.29) is 0 Å². The van der Waals surface area contributed by atoms with Crippen molar-refractivity contribution in [2.45, 2.75) is 25.9 Å². The van der Waals surface area contributed by atoms with Gasteiger partial charge in [-0.05, 0) is 50.3 Å². The van der Waals surface area contributed by atoms with Crippen molar-refractivity contribution in [1.82, 2.24) is 0 Å². The van der Waals surface area contributed by atoms with Gasteiger partial charge in [-0.3, -0.25) is 0 Å². The van der Waals surface area contributed by atoms with Crippen molar-refractivity contribution in [3.05, 3.63) is 24.3 Å². The van der Waals surface area contributed by atoms with Crippen LogP contribution in [0.25, 0.3) is 0 Å². The summed E-state index contributed by atoms with van der Waals surface area (Å²) >= 11 is 1.80. The van der Waals surface area contributed by atoms with Crippen LogP contribution in [-0.2, 0) is 0 Å². The van der Waals surface area contributed by atoms with Crippen LogP contribution in [0, 0.1) is 0 Å². The summed E-state index contributed by atoms with van der Waals surface area (Å²) in [7, 11) is 1.65. The second kappa shape index (κ2) is 7.54. The molecule has 0 atom stereocenters. The van der Waals surface area contributed by atoms with Crippen LogP contribution >= 0.6 is 11.8 Å². The molecule has 102 valence electrons. The molecule has 1 N–H and O–H groups in total. The summed E-state index contributed by atoms with van der Waals surface area (Å²) in [5.74, 6) is 3.58. The van der Waals surface area contributed by atoms with E-state index in [0.29, 0.717) is 6.61 Å². The lowest BCUT2D eigenvalue weighted by atomic mass is 10.1. The highest BCUT2D eigenvalue weighted by Gasteiger charge is 2.11.